The van der Waals surface area contributed by atoms with Crippen LogP contribution in [0.2, 0.25) is 5.02 Å². The Morgan fingerprint density at radius 3 is 2.73 bits per heavy atom. The van der Waals surface area contributed by atoms with Crippen molar-refractivity contribution in [2.45, 2.75) is 66.2 Å². The number of ether oxygens (including phenoxy) is 2. The number of rotatable bonds is 9. The third-order valence-corrected chi connectivity index (χ3v) is 8.27. The van der Waals surface area contributed by atoms with Crippen LogP contribution in [0, 0.1) is 18.3 Å². The second-order valence-electron chi connectivity index (χ2n) is 9.39. The number of fused-ring (bicyclic) bond motifs is 1. The van der Waals surface area contributed by atoms with Gasteiger partial charge in [-0.25, -0.2) is 4.79 Å². The summed E-state index contributed by atoms with van der Waals surface area (Å²) in [5, 5.41) is 4.26. The molecular weight excluding hydrogens is 458 g/mol. The fraction of sp³-hybridized carbons (Fsp3) is 0.538. The largest absolute Gasteiger partial charge is 0.493 e. The van der Waals surface area contributed by atoms with Crippen LogP contribution >= 0.6 is 22.9 Å². The molecule has 0 saturated heterocycles. The van der Waals surface area contributed by atoms with E-state index in [1.165, 1.54) is 23.3 Å². The quantitative estimate of drug-likeness (QED) is 0.308. The molecule has 5 nitrogen and oxygen atoms in total. The molecule has 1 amide bonds. The summed E-state index contributed by atoms with van der Waals surface area (Å²) in [4.78, 5) is 26.4. The van der Waals surface area contributed by atoms with Crippen LogP contribution in [0.15, 0.2) is 18.2 Å². The summed E-state index contributed by atoms with van der Waals surface area (Å²) in [7, 11) is 1.39. The number of hydrogen-bond donors (Lipinski definition) is 1. The van der Waals surface area contributed by atoms with Gasteiger partial charge in [0.2, 0.25) is 5.91 Å². The van der Waals surface area contributed by atoms with Gasteiger partial charge in [0, 0.05) is 16.3 Å². The monoisotopic (exact) mass is 491 g/mol. The van der Waals surface area contributed by atoms with Gasteiger partial charge in [0.05, 0.1) is 19.3 Å². The maximum Gasteiger partial charge on any atom is 0.341 e. The number of hydrogen-bond acceptors (Lipinski definition) is 5. The first-order valence-electron chi connectivity index (χ1n) is 11.6. The third kappa shape index (κ3) is 6.10. The minimum atomic E-state index is -0.377. The number of anilines is 1. The van der Waals surface area contributed by atoms with Crippen molar-refractivity contribution in [1.82, 2.24) is 0 Å². The third-order valence-electron chi connectivity index (χ3n) is 6.87. The lowest BCUT2D eigenvalue weighted by molar-refractivity contribution is -0.116. The van der Waals surface area contributed by atoms with Crippen molar-refractivity contribution in [3.05, 3.63) is 44.8 Å². The molecule has 1 heterocycles. The van der Waals surface area contributed by atoms with Gasteiger partial charge in [-0.05, 0) is 73.3 Å². The summed E-state index contributed by atoms with van der Waals surface area (Å²) < 4.78 is 10.8. The van der Waals surface area contributed by atoms with E-state index < -0.39 is 0 Å². The molecule has 1 atom stereocenters. The van der Waals surface area contributed by atoms with Crippen molar-refractivity contribution < 1.29 is 19.1 Å². The van der Waals surface area contributed by atoms with Crippen molar-refractivity contribution in [3.63, 3.8) is 0 Å². The molecule has 180 valence electrons. The second kappa shape index (κ2) is 10.9. The SMILES string of the molecule is CCC(C)(C)C1CCc2c(sc(NC(=O)CCCOc3ccc(Cl)cc3C)c2C(=O)OC)C1. The van der Waals surface area contributed by atoms with E-state index in [9.17, 15) is 9.59 Å². The Balaban J connectivity index is 1.63. The topological polar surface area (TPSA) is 64.6 Å². The Morgan fingerprint density at radius 2 is 2.06 bits per heavy atom. The average molecular weight is 492 g/mol. The van der Waals surface area contributed by atoms with Gasteiger partial charge < -0.3 is 14.8 Å². The van der Waals surface area contributed by atoms with Gasteiger partial charge in [-0.2, -0.15) is 0 Å². The summed E-state index contributed by atoms with van der Waals surface area (Å²) in [6.45, 7) is 9.22. The van der Waals surface area contributed by atoms with Crippen molar-refractivity contribution in [2.75, 3.05) is 19.0 Å². The first-order chi connectivity index (χ1) is 15.7. The molecule has 1 N–H and O–H groups in total. The number of carbonyl (C=O) groups is 2. The number of aryl methyl sites for hydroxylation is 1. The lowest BCUT2D eigenvalue weighted by Crippen LogP contribution is -2.28. The van der Waals surface area contributed by atoms with Crippen molar-refractivity contribution in [2.24, 2.45) is 11.3 Å². The number of methoxy groups -OCH3 is 1. The van der Waals surface area contributed by atoms with Gasteiger partial charge in [-0.3, -0.25) is 4.79 Å². The zero-order valence-corrected chi connectivity index (χ0v) is 21.8. The van der Waals surface area contributed by atoms with Crippen molar-refractivity contribution in [3.8, 4) is 5.75 Å². The fourth-order valence-electron chi connectivity index (χ4n) is 4.33. The minimum absolute atomic E-state index is 0.124. The molecule has 0 aliphatic heterocycles. The van der Waals surface area contributed by atoms with E-state index in [0.717, 1.165) is 42.6 Å². The Hall–Kier alpha value is -2.05. The highest BCUT2D eigenvalue weighted by Crippen LogP contribution is 2.45. The summed E-state index contributed by atoms with van der Waals surface area (Å²) >= 11 is 7.50. The Kier molecular flexibility index (Phi) is 8.46. The average Bonchev–Trinajstić information content (AvgIpc) is 3.14. The van der Waals surface area contributed by atoms with E-state index in [4.69, 9.17) is 21.1 Å². The van der Waals surface area contributed by atoms with Gasteiger partial charge in [0.1, 0.15) is 10.8 Å². The molecule has 1 aromatic heterocycles. The maximum absolute atomic E-state index is 12.7. The summed E-state index contributed by atoms with van der Waals surface area (Å²) in [5.74, 6) is 0.831. The highest BCUT2D eigenvalue weighted by molar-refractivity contribution is 7.17. The summed E-state index contributed by atoms with van der Waals surface area (Å²) in [6, 6.07) is 5.47. The summed E-state index contributed by atoms with van der Waals surface area (Å²) in [6.07, 6.45) is 4.82. The molecule has 1 aromatic carbocycles. The van der Waals surface area contributed by atoms with Crippen LogP contribution < -0.4 is 10.1 Å². The molecule has 0 radical (unpaired) electrons. The van der Waals surface area contributed by atoms with E-state index in [1.807, 2.05) is 19.1 Å². The molecule has 1 aliphatic rings. The molecular formula is C26H34ClNO4S. The molecule has 1 unspecified atom stereocenters. The van der Waals surface area contributed by atoms with E-state index in [1.54, 1.807) is 6.07 Å². The van der Waals surface area contributed by atoms with Crippen LogP contribution in [0.3, 0.4) is 0 Å². The van der Waals surface area contributed by atoms with Gasteiger partial charge in [-0.1, -0.05) is 38.8 Å². The van der Waals surface area contributed by atoms with E-state index in [2.05, 4.69) is 26.1 Å². The molecule has 3 rings (SSSR count). The number of benzene rings is 1. The van der Waals surface area contributed by atoms with Gasteiger partial charge in [-0.15, -0.1) is 11.3 Å². The molecule has 1 aliphatic carbocycles. The van der Waals surface area contributed by atoms with E-state index >= 15 is 0 Å². The minimum Gasteiger partial charge on any atom is -0.493 e. The van der Waals surface area contributed by atoms with Crippen molar-refractivity contribution in [1.29, 1.82) is 0 Å². The molecule has 0 fully saturated rings. The Morgan fingerprint density at radius 1 is 1.30 bits per heavy atom. The molecule has 0 saturated carbocycles. The Bertz CT molecular complexity index is 1010. The van der Waals surface area contributed by atoms with Crippen LogP contribution in [0.25, 0.3) is 0 Å². The van der Waals surface area contributed by atoms with Crippen LogP contribution in [0.5, 0.6) is 5.75 Å². The van der Waals surface area contributed by atoms with Crippen molar-refractivity contribution >= 4 is 39.8 Å². The van der Waals surface area contributed by atoms with Gasteiger partial charge >= 0.3 is 5.97 Å². The standard InChI is InChI=1S/C26H34ClNO4S/c1-6-26(3,4)17-9-11-19-21(15-17)33-24(23(19)25(30)31-5)28-22(29)8-7-13-32-20-12-10-18(27)14-16(20)2/h10,12,14,17H,6-9,11,13,15H2,1-5H3,(H,28,29). The van der Waals surface area contributed by atoms with E-state index in [0.29, 0.717) is 41.0 Å². The number of esters is 1. The highest BCUT2D eigenvalue weighted by Gasteiger charge is 2.35. The smallest absolute Gasteiger partial charge is 0.341 e. The number of nitrogens with one attached hydrogen (secondary N) is 1. The van der Waals surface area contributed by atoms with Crippen LogP contribution in [-0.2, 0) is 22.4 Å². The highest BCUT2D eigenvalue weighted by atomic mass is 35.5. The number of amides is 1. The first-order valence-corrected chi connectivity index (χ1v) is 12.8. The maximum atomic E-state index is 12.7. The van der Waals surface area contributed by atoms with Crippen LogP contribution in [0.1, 0.15) is 72.8 Å². The number of carbonyl (C=O) groups excluding carboxylic acids is 2. The fourth-order valence-corrected chi connectivity index (χ4v) is 5.88. The van der Waals surface area contributed by atoms with Gasteiger partial charge in [0.25, 0.3) is 0 Å². The second-order valence-corrected chi connectivity index (χ2v) is 10.9. The lowest BCUT2D eigenvalue weighted by atomic mass is 9.69. The first kappa shape index (κ1) is 25.6. The number of halogens is 1. The predicted molar refractivity (Wildman–Crippen MR) is 135 cm³/mol. The molecule has 33 heavy (non-hydrogen) atoms. The predicted octanol–water partition coefficient (Wildman–Crippen LogP) is 6.84. The zero-order chi connectivity index (χ0) is 24.2. The molecule has 7 heteroatoms. The van der Waals surface area contributed by atoms with Crippen LogP contribution in [0.4, 0.5) is 5.00 Å². The van der Waals surface area contributed by atoms with E-state index in [-0.39, 0.29) is 17.3 Å². The molecule has 2 aromatic rings. The molecule has 0 bridgehead atoms. The number of thiophene rings is 1. The summed E-state index contributed by atoms with van der Waals surface area (Å²) in [5.41, 5.74) is 2.79. The van der Waals surface area contributed by atoms with Gasteiger partial charge in [0.15, 0.2) is 0 Å². The molecule has 0 spiro atoms. The zero-order valence-electron chi connectivity index (χ0n) is 20.2. The Labute approximate surface area is 205 Å². The lowest BCUT2D eigenvalue weighted by Gasteiger charge is -2.36. The van der Waals surface area contributed by atoms with Crippen LogP contribution in [-0.4, -0.2) is 25.6 Å². The normalized spacial score (nSPS) is 15.6.